The first-order valence-electron chi connectivity index (χ1n) is 6.36. The Hall–Kier alpha value is -1.91. The Balaban J connectivity index is 2.09. The normalized spacial score (nSPS) is 14.5. The second kappa shape index (κ2) is 5.38. The molecular weight excluding hydrogens is 246 g/mol. The molecule has 1 aromatic carbocycles. The average molecular weight is 265 g/mol. The summed E-state index contributed by atoms with van der Waals surface area (Å²) in [5, 5.41) is 12.4. The number of anilines is 1. The van der Waals surface area contributed by atoms with Crippen LogP contribution in [-0.2, 0) is 4.79 Å². The van der Waals surface area contributed by atoms with E-state index in [1.807, 2.05) is 32.9 Å². The molecule has 1 unspecified atom stereocenters. The highest BCUT2D eigenvalue weighted by Crippen LogP contribution is 2.36. The fraction of sp³-hybridized carbons (Fsp3) is 0.500. The number of ether oxygens (including phenoxy) is 2. The number of carboxylic acid groups (broad SMARTS) is 1. The van der Waals surface area contributed by atoms with Gasteiger partial charge in [0.05, 0.1) is 5.92 Å². The molecule has 5 heteroatoms. The molecule has 2 N–H and O–H groups in total. The van der Waals surface area contributed by atoms with E-state index in [9.17, 15) is 4.79 Å². The van der Waals surface area contributed by atoms with E-state index in [-0.39, 0.29) is 12.7 Å². The predicted molar refractivity (Wildman–Crippen MR) is 71.8 cm³/mol. The van der Waals surface area contributed by atoms with E-state index in [2.05, 4.69) is 5.32 Å². The van der Waals surface area contributed by atoms with Crippen molar-refractivity contribution < 1.29 is 19.4 Å². The van der Waals surface area contributed by atoms with Crippen molar-refractivity contribution in [2.24, 2.45) is 11.8 Å². The Labute approximate surface area is 112 Å². The van der Waals surface area contributed by atoms with Gasteiger partial charge in [-0.2, -0.15) is 0 Å². The Morgan fingerprint density at radius 1 is 1.37 bits per heavy atom. The summed E-state index contributed by atoms with van der Waals surface area (Å²) in [7, 11) is 0. The molecule has 1 aliphatic heterocycles. The number of fused-ring (bicyclic) bond motifs is 1. The van der Waals surface area contributed by atoms with Gasteiger partial charge in [0.15, 0.2) is 11.5 Å². The maximum Gasteiger partial charge on any atom is 0.308 e. The minimum absolute atomic E-state index is 0.0827. The van der Waals surface area contributed by atoms with Crippen LogP contribution in [0, 0.1) is 18.8 Å². The molecule has 0 aliphatic carbocycles. The lowest BCUT2D eigenvalue weighted by molar-refractivity contribution is -0.142. The molecule has 0 aromatic heterocycles. The summed E-state index contributed by atoms with van der Waals surface area (Å²) in [6, 6.07) is 3.76. The van der Waals surface area contributed by atoms with Gasteiger partial charge in [0.2, 0.25) is 6.79 Å². The number of carbonyl (C=O) groups is 1. The number of nitrogens with one attached hydrogen (secondary N) is 1. The summed E-state index contributed by atoms with van der Waals surface area (Å²) in [6.07, 6.45) is 0. The van der Waals surface area contributed by atoms with Crippen LogP contribution in [0.1, 0.15) is 19.4 Å². The second-order valence-corrected chi connectivity index (χ2v) is 5.09. The third-order valence-corrected chi connectivity index (χ3v) is 3.35. The summed E-state index contributed by atoms with van der Waals surface area (Å²) in [4.78, 5) is 11.1. The van der Waals surface area contributed by atoms with E-state index in [0.717, 1.165) is 17.0 Å². The van der Waals surface area contributed by atoms with Crippen molar-refractivity contribution in [1.82, 2.24) is 0 Å². The van der Waals surface area contributed by atoms with Crippen LogP contribution < -0.4 is 14.8 Å². The zero-order valence-corrected chi connectivity index (χ0v) is 11.4. The maximum absolute atomic E-state index is 11.1. The Morgan fingerprint density at radius 3 is 2.58 bits per heavy atom. The van der Waals surface area contributed by atoms with Crippen LogP contribution in [0.4, 0.5) is 5.69 Å². The third-order valence-electron chi connectivity index (χ3n) is 3.35. The van der Waals surface area contributed by atoms with E-state index in [1.54, 1.807) is 0 Å². The molecule has 0 amide bonds. The van der Waals surface area contributed by atoms with E-state index in [0.29, 0.717) is 12.3 Å². The molecule has 0 spiro atoms. The van der Waals surface area contributed by atoms with Gasteiger partial charge in [-0.15, -0.1) is 0 Å². The number of hydrogen-bond donors (Lipinski definition) is 2. The van der Waals surface area contributed by atoms with Crippen LogP contribution in [0.2, 0.25) is 0 Å². The minimum Gasteiger partial charge on any atom is -0.481 e. The van der Waals surface area contributed by atoms with Gasteiger partial charge >= 0.3 is 5.97 Å². The summed E-state index contributed by atoms with van der Waals surface area (Å²) in [6.45, 7) is 6.41. The zero-order chi connectivity index (χ0) is 14.0. The monoisotopic (exact) mass is 265 g/mol. The van der Waals surface area contributed by atoms with Gasteiger partial charge in [-0.3, -0.25) is 4.79 Å². The molecule has 5 nitrogen and oxygen atoms in total. The summed E-state index contributed by atoms with van der Waals surface area (Å²) in [5.41, 5.74) is 1.90. The molecule has 104 valence electrons. The van der Waals surface area contributed by atoms with Gasteiger partial charge in [0.25, 0.3) is 0 Å². The molecule has 0 bridgehead atoms. The highest BCUT2D eigenvalue weighted by Gasteiger charge is 2.22. The summed E-state index contributed by atoms with van der Waals surface area (Å²) in [5.74, 6) is 0.330. The summed E-state index contributed by atoms with van der Waals surface area (Å²) >= 11 is 0. The molecular formula is C14H19NO4. The zero-order valence-electron chi connectivity index (χ0n) is 11.4. The number of aryl methyl sites for hydroxylation is 1. The lowest BCUT2D eigenvalue weighted by Crippen LogP contribution is -2.27. The molecule has 0 fully saturated rings. The largest absolute Gasteiger partial charge is 0.481 e. The van der Waals surface area contributed by atoms with Crippen molar-refractivity contribution in [3.63, 3.8) is 0 Å². The molecule has 1 aliphatic rings. The van der Waals surface area contributed by atoms with Crippen LogP contribution >= 0.6 is 0 Å². The SMILES string of the molecule is Cc1cc2c(cc1NCC(C(=O)O)C(C)C)OCO2. The van der Waals surface area contributed by atoms with Gasteiger partial charge in [0.1, 0.15) is 0 Å². The van der Waals surface area contributed by atoms with Gasteiger partial charge < -0.3 is 19.9 Å². The maximum atomic E-state index is 11.1. The molecule has 0 saturated heterocycles. The average Bonchev–Trinajstić information content (AvgIpc) is 2.75. The molecule has 0 radical (unpaired) electrons. The van der Waals surface area contributed by atoms with Gasteiger partial charge in [-0.25, -0.2) is 0 Å². The molecule has 1 atom stereocenters. The van der Waals surface area contributed by atoms with Gasteiger partial charge in [-0.1, -0.05) is 13.8 Å². The molecule has 2 rings (SSSR count). The quantitative estimate of drug-likeness (QED) is 0.856. The second-order valence-electron chi connectivity index (χ2n) is 5.09. The van der Waals surface area contributed by atoms with Crippen molar-refractivity contribution in [1.29, 1.82) is 0 Å². The third kappa shape index (κ3) is 2.92. The minimum atomic E-state index is -0.777. The standard InChI is InChI=1S/C14H19NO4/c1-8(2)10(14(16)17)6-15-11-5-13-12(4-9(11)3)18-7-19-13/h4-5,8,10,15H,6-7H2,1-3H3,(H,16,17). The number of benzene rings is 1. The number of rotatable bonds is 5. The predicted octanol–water partition coefficient (Wildman–Crippen LogP) is 2.49. The van der Waals surface area contributed by atoms with E-state index >= 15 is 0 Å². The topological polar surface area (TPSA) is 67.8 Å². The smallest absolute Gasteiger partial charge is 0.308 e. The first-order chi connectivity index (χ1) is 8.99. The van der Waals surface area contributed by atoms with Crippen LogP contribution in [0.5, 0.6) is 11.5 Å². The van der Waals surface area contributed by atoms with Crippen LogP contribution in [0.15, 0.2) is 12.1 Å². The molecule has 1 heterocycles. The molecule has 19 heavy (non-hydrogen) atoms. The highest BCUT2D eigenvalue weighted by atomic mass is 16.7. The van der Waals surface area contributed by atoms with Crippen LogP contribution in [-0.4, -0.2) is 24.4 Å². The Morgan fingerprint density at radius 2 is 2.00 bits per heavy atom. The first-order valence-corrected chi connectivity index (χ1v) is 6.36. The lowest BCUT2D eigenvalue weighted by atomic mass is 9.96. The first kappa shape index (κ1) is 13.5. The lowest BCUT2D eigenvalue weighted by Gasteiger charge is -2.18. The highest BCUT2D eigenvalue weighted by molar-refractivity contribution is 5.71. The van der Waals surface area contributed by atoms with E-state index in [1.165, 1.54) is 0 Å². The van der Waals surface area contributed by atoms with Gasteiger partial charge in [-0.05, 0) is 24.5 Å². The fourth-order valence-electron chi connectivity index (χ4n) is 2.06. The number of aliphatic carboxylic acids is 1. The van der Waals surface area contributed by atoms with E-state index < -0.39 is 11.9 Å². The van der Waals surface area contributed by atoms with Crippen molar-refractivity contribution in [2.45, 2.75) is 20.8 Å². The molecule has 1 aromatic rings. The van der Waals surface area contributed by atoms with Crippen molar-refractivity contribution in [2.75, 3.05) is 18.7 Å². The Bertz CT molecular complexity index is 485. The van der Waals surface area contributed by atoms with Crippen molar-refractivity contribution >= 4 is 11.7 Å². The van der Waals surface area contributed by atoms with Crippen molar-refractivity contribution in [3.05, 3.63) is 17.7 Å². The summed E-state index contributed by atoms with van der Waals surface area (Å²) < 4.78 is 10.6. The van der Waals surface area contributed by atoms with Gasteiger partial charge in [0, 0.05) is 18.3 Å². The van der Waals surface area contributed by atoms with E-state index in [4.69, 9.17) is 14.6 Å². The van der Waals surface area contributed by atoms with Crippen molar-refractivity contribution in [3.8, 4) is 11.5 Å². The fourth-order valence-corrected chi connectivity index (χ4v) is 2.06. The number of hydrogen-bond acceptors (Lipinski definition) is 4. The van der Waals surface area contributed by atoms with Crippen LogP contribution in [0.3, 0.4) is 0 Å². The number of carboxylic acids is 1. The molecule has 0 saturated carbocycles. The van der Waals surface area contributed by atoms with Crippen LogP contribution in [0.25, 0.3) is 0 Å². The Kier molecular flexibility index (Phi) is 3.83.